The van der Waals surface area contributed by atoms with Crippen molar-refractivity contribution < 1.29 is 25.6 Å². The molecule has 0 spiro atoms. The molecule has 16 heteroatoms. The number of hydrogen-bond acceptors (Lipinski definition) is 10. The molecular formula is C20H22F2N8O4S2. The first-order valence-electron chi connectivity index (χ1n) is 10.5. The smallest absolute Gasteiger partial charge is 0.316 e. The number of hydrogen-bond donors (Lipinski definition) is 4. The highest BCUT2D eigenvalue weighted by molar-refractivity contribution is 7.93. The van der Waals surface area contributed by atoms with E-state index in [9.17, 15) is 25.6 Å². The summed E-state index contributed by atoms with van der Waals surface area (Å²) in [5, 5.41) is 13.1. The van der Waals surface area contributed by atoms with E-state index in [1.807, 2.05) is 0 Å². The van der Waals surface area contributed by atoms with Crippen LogP contribution in [0.2, 0.25) is 0 Å². The van der Waals surface area contributed by atoms with Gasteiger partial charge in [0.1, 0.15) is 4.90 Å². The topological polar surface area (TPSA) is 212 Å². The molecule has 0 saturated carbocycles. The van der Waals surface area contributed by atoms with Crippen molar-refractivity contribution in [3.63, 3.8) is 0 Å². The van der Waals surface area contributed by atoms with Gasteiger partial charge < -0.3 is 16.5 Å². The zero-order valence-electron chi connectivity index (χ0n) is 18.6. The predicted octanol–water partition coefficient (Wildman–Crippen LogP) is 1.22. The van der Waals surface area contributed by atoms with Gasteiger partial charge >= 0.3 is 5.92 Å². The van der Waals surface area contributed by atoms with Crippen LogP contribution < -0.4 is 16.6 Å². The van der Waals surface area contributed by atoms with Gasteiger partial charge in [0, 0.05) is 5.56 Å². The van der Waals surface area contributed by atoms with Crippen LogP contribution in [0, 0.1) is 0 Å². The molecule has 12 nitrogen and oxygen atoms in total. The summed E-state index contributed by atoms with van der Waals surface area (Å²) in [7, 11) is -8.82. The van der Waals surface area contributed by atoms with E-state index in [1.54, 1.807) is 0 Å². The quantitative estimate of drug-likeness (QED) is 0.311. The van der Waals surface area contributed by atoms with Gasteiger partial charge in [0.25, 0.3) is 0 Å². The second-order valence-corrected chi connectivity index (χ2v) is 11.5. The largest absolute Gasteiger partial charge is 0.337 e. The van der Waals surface area contributed by atoms with Gasteiger partial charge in [0.05, 0.1) is 33.8 Å². The number of imidazole rings is 1. The van der Waals surface area contributed by atoms with Crippen LogP contribution in [-0.2, 0) is 25.8 Å². The Balaban J connectivity index is 2.09. The summed E-state index contributed by atoms with van der Waals surface area (Å²) < 4.78 is 80.2. The predicted molar refractivity (Wildman–Crippen MR) is 128 cm³/mol. The summed E-state index contributed by atoms with van der Waals surface area (Å²) in [5.41, 5.74) is 11.0. The van der Waals surface area contributed by atoms with Crippen LogP contribution in [0.4, 0.5) is 8.78 Å². The Morgan fingerprint density at radius 3 is 2.42 bits per heavy atom. The first kappa shape index (κ1) is 25.9. The summed E-state index contributed by atoms with van der Waals surface area (Å²) in [6.45, 7) is -1.05. The molecule has 0 radical (unpaired) electrons. The number of fused-ring (bicyclic) bond motifs is 1. The lowest BCUT2D eigenvalue weighted by molar-refractivity contribution is -0.00236. The summed E-state index contributed by atoms with van der Waals surface area (Å²) >= 11 is 0. The molecule has 4 rings (SSSR count). The fraction of sp³-hybridized carbons (Fsp3) is 0.300. The number of aliphatic imine (C=N–C) groups is 1. The molecule has 0 bridgehead atoms. The molecule has 0 unspecified atom stereocenters. The Labute approximate surface area is 204 Å². The molecule has 0 saturated heterocycles. The van der Waals surface area contributed by atoms with Crippen LogP contribution >= 0.6 is 0 Å². The molecule has 2 aromatic carbocycles. The van der Waals surface area contributed by atoms with Gasteiger partial charge in [-0.2, -0.15) is 13.9 Å². The number of nitrogens with zero attached hydrogens (tertiary/aromatic N) is 4. The van der Waals surface area contributed by atoms with Gasteiger partial charge in [-0.25, -0.2) is 32.0 Å². The number of aromatic amines is 1. The van der Waals surface area contributed by atoms with Gasteiger partial charge in [-0.05, 0) is 30.7 Å². The fourth-order valence-corrected chi connectivity index (χ4v) is 6.79. The molecule has 0 fully saturated rings. The van der Waals surface area contributed by atoms with Crippen LogP contribution in [0.3, 0.4) is 0 Å². The second kappa shape index (κ2) is 9.36. The van der Waals surface area contributed by atoms with Crippen LogP contribution in [0.15, 0.2) is 55.3 Å². The molecule has 192 valence electrons. The maximum absolute atomic E-state index is 14.3. The van der Waals surface area contributed by atoms with Gasteiger partial charge in [0.15, 0.2) is 28.2 Å². The molecule has 3 aromatic rings. The number of sulfone groups is 1. The minimum Gasteiger partial charge on any atom is -0.337 e. The van der Waals surface area contributed by atoms with Crippen LogP contribution in [0.25, 0.3) is 22.2 Å². The van der Waals surface area contributed by atoms with Crippen molar-refractivity contribution in [1.29, 1.82) is 0 Å². The average Bonchev–Trinajstić information content (AvgIpc) is 3.51. The third kappa shape index (κ3) is 4.64. The first-order valence-corrected chi connectivity index (χ1v) is 13.7. The lowest BCUT2D eigenvalue weighted by atomic mass is 9.97. The Morgan fingerprint density at radius 1 is 1.06 bits per heavy atom. The Kier molecular flexibility index (Phi) is 6.74. The van der Waals surface area contributed by atoms with Crippen molar-refractivity contribution in [3.05, 3.63) is 41.7 Å². The van der Waals surface area contributed by atoms with Crippen molar-refractivity contribution in [1.82, 2.24) is 9.97 Å². The highest BCUT2D eigenvalue weighted by Crippen LogP contribution is 2.38. The van der Waals surface area contributed by atoms with E-state index in [2.05, 4.69) is 25.2 Å². The van der Waals surface area contributed by atoms with Crippen LogP contribution in [0.5, 0.6) is 0 Å². The fourth-order valence-electron chi connectivity index (χ4n) is 3.80. The monoisotopic (exact) mass is 540 g/mol. The molecule has 1 aliphatic rings. The first-order chi connectivity index (χ1) is 16.9. The second-order valence-electron chi connectivity index (χ2n) is 7.88. The van der Waals surface area contributed by atoms with Crippen molar-refractivity contribution in [2.45, 2.75) is 22.1 Å². The number of halogens is 2. The number of para-hydroxylation sites is 1. The number of sulfonamides is 1. The van der Waals surface area contributed by atoms with Gasteiger partial charge in [-0.3, -0.25) is 0 Å². The molecule has 0 atom stereocenters. The Hall–Kier alpha value is -3.18. The van der Waals surface area contributed by atoms with Crippen molar-refractivity contribution >= 4 is 36.7 Å². The van der Waals surface area contributed by atoms with E-state index >= 15 is 0 Å². The molecule has 0 aliphatic carbocycles. The maximum Gasteiger partial charge on any atom is 0.316 e. The third-order valence-electron chi connectivity index (χ3n) is 5.44. The summed E-state index contributed by atoms with van der Waals surface area (Å²) in [6, 6.07) is 6.97. The van der Waals surface area contributed by atoms with E-state index in [0.29, 0.717) is 0 Å². The average molecular weight is 541 g/mol. The summed E-state index contributed by atoms with van der Waals surface area (Å²) in [6.07, 6.45) is 0.0782. The Bertz CT molecular complexity index is 1620. The number of H-pyrrole nitrogens is 1. The van der Waals surface area contributed by atoms with E-state index < -0.39 is 53.7 Å². The molecular weight excluding hydrogens is 518 g/mol. The number of nitrogens with two attached hydrogens (primary N) is 3. The third-order valence-corrected chi connectivity index (χ3v) is 8.40. The number of amidine groups is 1. The molecule has 36 heavy (non-hydrogen) atoms. The standard InChI is InChI=1S/C20H22F2N8O4S2/c21-20(22,9-24)19-28-13-4-1-3-12(16(13)29-19)11-5-6-14(35(31,32)8-2-7-23)17(36(25,33)34)15(11)18-26-10-27-30-18/h1,3-6H,2,7-10,23-24H2,(H,28,29)(H2,25,33,34). The van der Waals surface area contributed by atoms with Gasteiger partial charge in [-0.1, -0.05) is 18.2 Å². The van der Waals surface area contributed by atoms with E-state index in [0.717, 1.165) is 6.07 Å². The molecule has 1 aliphatic heterocycles. The molecule has 7 N–H and O–H groups in total. The van der Waals surface area contributed by atoms with Crippen LogP contribution in [0.1, 0.15) is 17.8 Å². The minimum absolute atomic E-state index is 0.0622. The highest BCUT2D eigenvalue weighted by Gasteiger charge is 2.35. The molecule has 2 heterocycles. The number of benzene rings is 2. The summed E-state index contributed by atoms with van der Waals surface area (Å²) in [4.78, 5) is 9.33. The molecule has 0 amide bonds. The van der Waals surface area contributed by atoms with Crippen LogP contribution in [-0.4, -0.2) is 58.2 Å². The number of aromatic nitrogens is 2. The van der Waals surface area contributed by atoms with Gasteiger partial charge in [-0.15, -0.1) is 5.11 Å². The number of alkyl halides is 2. The lowest BCUT2D eigenvalue weighted by Crippen LogP contribution is -2.26. The Morgan fingerprint density at radius 2 is 1.81 bits per heavy atom. The number of azo groups is 1. The normalized spacial score (nSPS) is 14.5. The highest BCUT2D eigenvalue weighted by atomic mass is 32.2. The number of primary sulfonamides is 1. The molecule has 1 aromatic heterocycles. The van der Waals surface area contributed by atoms with E-state index in [-0.39, 0.29) is 53.2 Å². The maximum atomic E-state index is 14.3. The number of nitrogens with one attached hydrogen (secondary N) is 1. The lowest BCUT2D eigenvalue weighted by Gasteiger charge is -2.17. The zero-order chi connectivity index (χ0) is 26.3. The van der Waals surface area contributed by atoms with Crippen molar-refractivity contribution in [2.75, 3.05) is 25.5 Å². The van der Waals surface area contributed by atoms with Crippen molar-refractivity contribution in [2.24, 2.45) is 31.8 Å². The van der Waals surface area contributed by atoms with E-state index in [4.69, 9.17) is 16.6 Å². The SMILES string of the molecule is NCCCS(=O)(=O)c1ccc(-c2cccc3[nH]c(C(F)(F)CN)nc23)c(C2=NCN=N2)c1S(N)(=O)=O. The zero-order valence-corrected chi connectivity index (χ0v) is 20.3. The number of rotatable bonds is 9. The van der Waals surface area contributed by atoms with Gasteiger partial charge in [0.2, 0.25) is 10.0 Å². The van der Waals surface area contributed by atoms with Crippen molar-refractivity contribution in [3.8, 4) is 11.1 Å². The summed E-state index contributed by atoms with van der Waals surface area (Å²) in [5.74, 6) is -4.73. The van der Waals surface area contributed by atoms with E-state index in [1.165, 1.54) is 24.3 Å². The minimum atomic E-state index is -4.67.